The van der Waals surface area contributed by atoms with Crippen LogP contribution in [0.25, 0.3) is 0 Å². The molecule has 2 rings (SSSR count). The van der Waals surface area contributed by atoms with E-state index in [0.717, 1.165) is 12.0 Å². The smallest absolute Gasteiger partial charge is 0.130 e. The summed E-state index contributed by atoms with van der Waals surface area (Å²) in [5.41, 5.74) is 7.53. The van der Waals surface area contributed by atoms with Gasteiger partial charge in [0.15, 0.2) is 0 Å². The average molecular weight is 338 g/mol. The number of para-hydroxylation sites is 1. The summed E-state index contributed by atoms with van der Waals surface area (Å²) >= 11 is 3.23. The molecule has 20 heavy (non-hydrogen) atoms. The lowest BCUT2D eigenvalue weighted by Crippen LogP contribution is -2.11. The summed E-state index contributed by atoms with van der Waals surface area (Å²) in [4.78, 5) is 0. The maximum absolute atomic E-state index is 13.7. The summed E-state index contributed by atoms with van der Waals surface area (Å²) in [7, 11) is 0. The van der Waals surface area contributed by atoms with Crippen molar-refractivity contribution >= 4 is 15.9 Å². The third-order valence-corrected chi connectivity index (χ3v) is 3.65. The van der Waals surface area contributed by atoms with Gasteiger partial charge in [0, 0.05) is 21.6 Å². The van der Waals surface area contributed by atoms with E-state index in [-0.39, 0.29) is 18.5 Å². The molecule has 0 unspecified atom stereocenters. The molecule has 4 heteroatoms. The van der Waals surface area contributed by atoms with Crippen LogP contribution >= 0.6 is 15.9 Å². The van der Waals surface area contributed by atoms with Crippen molar-refractivity contribution in [2.75, 3.05) is 0 Å². The number of rotatable bonds is 5. The number of benzene rings is 2. The Hall–Kier alpha value is -1.39. The summed E-state index contributed by atoms with van der Waals surface area (Å²) in [6, 6.07) is 12.5. The van der Waals surface area contributed by atoms with Gasteiger partial charge in [0.1, 0.15) is 18.2 Å². The van der Waals surface area contributed by atoms with Crippen LogP contribution in [-0.2, 0) is 6.61 Å². The van der Waals surface area contributed by atoms with Gasteiger partial charge in [-0.05, 0) is 24.6 Å². The van der Waals surface area contributed by atoms with Gasteiger partial charge in [-0.25, -0.2) is 4.39 Å². The topological polar surface area (TPSA) is 35.2 Å². The third-order valence-electron chi connectivity index (χ3n) is 3.16. The highest BCUT2D eigenvalue weighted by Gasteiger charge is 2.11. The summed E-state index contributed by atoms with van der Waals surface area (Å²) in [6.07, 6.45) is 0.826. The van der Waals surface area contributed by atoms with E-state index in [0.29, 0.717) is 15.8 Å². The highest BCUT2D eigenvalue weighted by atomic mass is 79.9. The predicted octanol–water partition coefficient (Wildman–Crippen LogP) is 4.58. The molecule has 0 amide bonds. The van der Waals surface area contributed by atoms with Gasteiger partial charge < -0.3 is 10.5 Å². The molecule has 2 aromatic carbocycles. The lowest BCUT2D eigenvalue weighted by molar-refractivity contribution is 0.294. The van der Waals surface area contributed by atoms with Crippen LogP contribution in [0.2, 0.25) is 0 Å². The molecule has 0 aliphatic carbocycles. The van der Waals surface area contributed by atoms with Gasteiger partial charge in [0.25, 0.3) is 0 Å². The molecular weight excluding hydrogens is 321 g/mol. The van der Waals surface area contributed by atoms with Gasteiger partial charge in [-0.3, -0.25) is 0 Å². The SMILES string of the molecule is CC[C@@H](N)c1ccccc1OCc1ccc(Br)cc1F. The van der Waals surface area contributed by atoms with Gasteiger partial charge in [-0.15, -0.1) is 0 Å². The number of halogens is 2. The van der Waals surface area contributed by atoms with E-state index in [2.05, 4.69) is 15.9 Å². The van der Waals surface area contributed by atoms with Gasteiger partial charge in [-0.2, -0.15) is 0 Å². The fourth-order valence-electron chi connectivity index (χ4n) is 1.93. The Morgan fingerprint density at radius 2 is 2.00 bits per heavy atom. The molecule has 2 N–H and O–H groups in total. The van der Waals surface area contributed by atoms with Crippen LogP contribution in [-0.4, -0.2) is 0 Å². The largest absolute Gasteiger partial charge is 0.488 e. The molecule has 0 aliphatic heterocycles. The molecule has 0 radical (unpaired) electrons. The Morgan fingerprint density at radius 1 is 1.25 bits per heavy atom. The first kappa shape index (κ1) is 15.0. The predicted molar refractivity (Wildman–Crippen MR) is 82.1 cm³/mol. The Kier molecular flexibility index (Phi) is 5.15. The summed E-state index contributed by atoms with van der Waals surface area (Å²) in [6.45, 7) is 2.21. The normalized spacial score (nSPS) is 12.2. The van der Waals surface area contributed by atoms with Gasteiger partial charge >= 0.3 is 0 Å². The minimum Gasteiger partial charge on any atom is -0.488 e. The second kappa shape index (κ2) is 6.86. The molecule has 0 saturated carbocycles. The van der Waals surface area contributed by atoms with Crippen LogP contribution in [0.15, 0.2) is 46.9 Å². The highest BCUT2D eigenvalue weighted by molar-refractivity contribution is 9.10. The van der Waals surface area contributed by atoms with Crippen LogP contribution in [0.1, 0.15) is 30.5 Å². The van der Waals surface area contributed by atoms with E-state index in [4.69, 9.17) is 10.5 Å². The van der Waals surface area contributed by atoms with Crippen molar-refractivity contribution < 1.29 is 9.13 Å². The number of ether oxygens (including phenoxy) is 1. The molecule has 0 aromatic heterocycles. The van der Waals surface area contributed by atoms with Crippen molar-refractivity contribution in [3.05, 3.63) is 63.9 Å². The molecule has 2 nitrogen and oxygen atoms in total. The molecule has 0 bridgehead atoms. The van der Waals surface area contributed by atoms with E-state index in [9.17, 15) is 4.39 Å². The van der Waals surface area contributed by atoms with Crippen LogP contribution in [0.4, 0.5) is 4.39 Å². The summed E-state index contributed by atoms with van der Waals surface area (Å²) in [5, 5.41) is 0. The molecule has 0 aliphatic rings. The zero-order valence-corrected chi connectivity index (χ0v) is 12.9. The quantitative estimate of drug-likeness (QED) is 0.866. The zero-order valence-electron chi connectivity index (χ0n) is 11.3. The third kappa shape index (κ3) is 3.58. The average Bonchev–Trinajstić information content (AvgIpc) is 2.46. The monoisotopic (exact) mass is 337 g/mol. The van der Waals surface area contributed by atoms with Gasteiger partial charge in [0.2, 0.25) is 0 Å². The Labute approximate surface area is 126 Å². The van der Waals surface area contributed by atoms with E-state index >= 15 is 0 Å². The van der Waals surface area contributed by atoms with Crippen molar-refractivity contribution in [2.24, 2.45) is 5.73 Å². The first-order valence-electron chi connectivity index (χ1n) is 6.53. The van der Waals surface area contributed by atoms with E-state index in [1.165, 1.54) is 6.07 Å². The molecule has 0 fully saturated rings. The van der Waals surface area contributed by atoms with Gasteiger partial charge in [0.05, 0.1) is 0 Å². The number of hydrogen-bond acceptors (Lipinski definition) is 2. The molecule has 2 aromatic rings. The van der Waals surface area contributed by atoms with E-state index in [1.54, 1.807) is 12.1 Å². The van der Waals surface area contributed by atoms with Gasteiger partial charge in [-0.1, -0.05) is 47.1 Å². The summed E-state index contributed by atoms with van der Waals surface area (Å²) < 4.78 is 20.2. The maximum atomic E-state index is 13.7. The standard InChI is InChI=1S/C16H17BrFNO/c1-2-15(19)13-5-3-4-6-16(13)20-10-11-7-8-12(17)9-14(11)18/h3-9,15H,2,10,19H2,1H3/t15-/m1/s1. The highest BCUT2D eigenvalue weighted by Crippen LogP contribution is 2.26. The molecule has 0 spiro atoms. The number of nitrogens with two attached hydrogens (primary N) is 1. The van der Waals surface area contributed by atoms with Crippen LogP contribution in [0.5, 0.6) is 5.75 Å². The first-order valence-corrected chi connectivity index (χ1v) is 7.32. The lowest BCUT2D eigenvalue weighted by atomic mass is 10.0. The van der Waals surface area contributed by atoms with Crippen molar-refractivity contribution in [1.29, 1.82) is 0 Å². The molecule has 0 heterocycles. The zero-order chi connectivity index (χ0) is 14.5. The number of hydrogen-bond donors (Lipinski definition) is 1. The lowest BCUT2D eigenvalue weighted by Gasteiger charge is -2.16. The van der Waals surface area contributed by atoms with Crippen molar-refractivity contribution in [1.82, 2.24) is 0 Å². The van der Waals surface area contributed by atoms with Crippen LogP contribution in [0.3, 0.4) is 0 Å². The van der Waals surface area contributed by atoms with Crippen LogP contribution < -0.4 is 10.5 Å². The van der Waals surface area contributed by atoms with Crippen molar-refractivity contribution in [3.8, 4) is 5.75 Å². The molecular formula is C16H17BrFNO. The fourth-order valence-corrected chi connectivity index (χ4v) is 2.27. The Bertz CT molecular complexity index is 588. The maximum Gasteiger partial charge on any atom is 0.130 e. The van der Waals surface area contributed by atoms with Crippen LogP contribution in [0, 0.1) is 5.82 Å². The minimum atomic E-state index is -0.281. The van der Waals surface area contributed by atoms with Crippen molar-refractivity contribution in [3.63, 3.8) is 0 Å². The second-order valence-electron chi connectivity index (χ2n) is 4.58. The first-order chi connectivity index (χ1) is 9.61. The van der Waals surface area contributed by atoms with E-state index in [1.807, 2.05) is 31.2 Å². The molecule has 1 atom stereocenters. The van der Waals surface area contributed by atoms with E-state index < -0.39 is 0 Å². The van der Waals surface area contributed by atoms with Crippen molar-refractivity contribution in [2.45, 2.75) is 26.0 Å². The Balaban J connectivity index is 2.15. The molecule has 0 saturated heterocycles. The second-order valence-corrected chi connectivity index (χ2v) is 5.49. The minimum absolute atomic E-state index is 0.0686. The summed E-state index contributed by atoms with van der Waals surface area (Å²) in [5.74, 6) is 0.431. The molecule has 106 valence electrons. The fraction of sp³-hybridized carbons (Fsp3) is 0.250. The Morgan fingerprint density at radius 3 is 2.70 bits per heavy atom.